The van der Waals surface area contributed by atoms with Gasteiger partial charge >= 0.3 is 0 Å². The first kappa shape index (κ1) is 20.1. The molecule has 146 valence electrons. The molecule has 1 atom stereocenters. The van der Waals surface area contributed by atoms with Crippen molar-refractivity contribution in [2.24, 2.45) is 4.99 Å². The van der Waals surface area contributed by atoms with Crippen LogP contribution in [0.5, 0.6) is 0 Å². The van der Waals surface area contributed by atoms with Crippen molar-refractivity contribution < 1.29 is 0 Å². The second-order valence-corrected chi connectivity index (χ2v) is 7.15. The number of halogens is 1. The molecule has 2 aromatic rings. The van der Waals surface area contributed by atoms with Gasteiger partial charge in [0, 0.05) is 38.5 Å². The minimum absolute atomic E-state index is 0. The van der Waals surface area contributed by atoms with Crippen LogP contribution in [-0.2, 0) is 19.5 Å². The molecule has 0 aliphatic carbocycles. The minimum Gasteiger partial charge on any atom is -0.357 e. The second kappa shape index (κ2) is 9.52. The summed E-state index contributed by atoms with van der Waals surface area (Å²) in [6.07, 6.45) is 4.65. The SMILES string of the molecule is CCNC(=NCc1nnc2n1CCCC2)N1CCC(c2ccccc2)C1.I. The largest absolute Gasteiger partial charge is 0.357 e. The van der Waals surface area contributed by atoms with Crippen LogP contribution >= 0.6 is 24.0 Å². The van der Waals surface area contributed by atoms with Gasteiger partial charge in [0.2, 0.25) is 0 Å². The summed E-state index contributed by atoms with van der Waals surface area (Å²) < 4.78 is 2.26. The van der Waals surface area contributed by atoms with Gasteiger partial charge in [-0.05, 0) is 31.7 Å². The molecule has 0 saturated carbocycles. The van der Waals surface area contributed by atoms with Crippen molar-refractivity contribution in [3.05, 3.63) is 47.5 Å². The van der Waals surface area contributed by atoms with E-state index in [1.165, 1.54) is 24.8 Å². The molecule has 7 heteroatoms. The van der Waals surface area contributed by atoms with E-state index in [1.807, 2.05) is 0 Å². The predicted molar refractivity (Wildman–Crippen MR) is 119 cm³/mol. The van der Waals surface area contributed by atoms with Crippen molar-refractivity contribution in [1.82, 2.24) is 25.0 Å². The highest BCUT2D eigenvalue weighted by Gasteiger charge is 2.26. The maximum atomic E-state index is 4.88. The molecule has 0 amide bonds. The van der Waals surface area contributed by atoms with Gasteiger partial charge in [-0.25, -0.2) is 4.99 Å². The van der Waals surface area contributed by atoms with E-state index in [4.69, 9.17) is 4.99 Å². The number of aryl methyl sites for hydroxylation is 1. The average molecular weight is 480 g/mol. The Kier molecular flexibility index (Phi) is 7.09. The standard InChI is InChI=1S/C20H28N6.HI/c1-2-21-20(22-14-19-24-23-18-10-6-7-12-26(18)19)25-13-11-17(15-25)16-8-4-3-5-9-16;/h3-5,8-9,17H,2,6-7,10-15H2,1H3,(H,21,22);1H. The topological polar surface area (TPSA) is 58.3 Å². The Morgan fingerprint density at radius 3 is 2.85 bits per heavy atom. The van der Waals surface area contributed by atoms with Crippen LogP contribution < -0.4 is 5.32 Å². The molecule has 1 saturated heterocycles. The van der Waals surface area contributed by atoms with Gasteiger partial charge in [-0.15, -0.1) is 34.2 Å². The van der Waals surface area contributed by atoms with Crippen molar-refractivity contribution in [2.75, 3.05) is 19.6 Å². The lowest BCUT2D eigenvalue weighted by Crippen LogP contribution is -2.40. The number of hydrogen-bond donors (Lipinski definition) is 1. The molecule has 3 heterocycles. The number of likely N-dealkylation sites (tertiary alicyclic amines) is 1. The highest BCUT2D eigenvalue weighted by molar-refractivity contribution is 14.0. The molecule has 27 heavy (non-hydrogen) atoms. The Morgan fingerprint density at radius 1 is 1.19 bits per heavy atom. The third kappa shape index (κ3) is 4.62. The van der Waals surface area contributed by atoms with Crippen molar-refractivity contribution in [3.8, 4) is 0 Å². The average Bonchev–Trinajstić information content (AvgIpc) is 3.33. The molecule has 6 nitrogen and oxygen atoms in total. The van der Waals surface area contributed by atoms with Crippen LogP contribution in [0, 0.1) is 0 Å². The fourth-order valence-electron chi connectivity index (χ4n) is 4.01. The van der Waals surface area contributed by atoms with Gasteiger partial charge in [0.1, 0.15) is 12.4 Å². The quantitative estimate of drug-likeness (QED) is 0.415. The lowest BCUT2D eigenvalue weighted by Gasteiger charge is -2.22. The zero-order valence-corrected chi connectivity index (χ0v) is 18.3. The fraction of sp³-hybridized carbons (Fsp3) is 0.550. The Balaban J connectivity index is 0.00000210. The maximum absolute atomic E-state index is 4.88. The van der Waals surface area contributed by atoms with Crippen LogP contribution in [0.25, 0.3) is 0 Å². The highest BCUT2D eigenvalue weighted by Crippen LogP contribution is 2.27. The van der Waals surface area contributed by atoms with Gasteiger partial charge in [-0.3, -0.25) is 0 Å². The van der Waals surface area contributed by atoms with Gasteiger partial charge in [-0.1, -0.05) is 30.3 Å². The molecule has 1 N–H and O–H groups in total. The molecule has 1 unspecified atom stereocenters. The number of nitrogens with one attached hydrogen (secondary N) is 1. The first-order valence-corrected chi connectivity index (χ1v) is 9.84. The van der Waals surface area contributed by atoms with Crippen molar-refractivity contribution >= 4 is 29.9 Å². The molecule has 1 fully saturated rings. The summed E-state index contributed by atoms with van der Waals surface area (Å²) in [5.41, 5.74) is 1.43. The minimum atomic E-state index is 0. The molecule has 0 radical (unpaired) electrons. The number of benzene rings is 1. The second-order valence-electron chi connectivity index (χ2n) is 7.15. The third-order valence-electron chi connectivity index (χ3n) is 5.40. The number of rotatable bonds is 4. The summed E-state index contributed by atoms with van der Waals surface area (Å²) in [6.45, 7) is 6.70. The smallest absolute Gasteiger partial charge is 0.194 e. The number of nitrogens with zero attached hydrogens (tertiary/aromatic N) is 5. The number of guanidine groups is 1. The number of aromatic nitrogens is 3. The summed E-state index contributed by atoms with van der Waals surface area (Å²) in [4.78, 5) is 7.27. The monoisotopic (exact) mass is 480 g/mol. The first-order chi connectivity index (χ1) is 12.8. The first-order valence-electron chi connectivity index (χ1n) is 9.84. The van der Waals surface area contributed by atoms with Crippen molar-refractivity contribution in [2.45, 2.75) is 51.6 Å². The van der Waals surface area contributed by atoms with Gasteiger partial charge in [0.05, 0.1) is 0 Å². The number of fused-ring (bicyclic) bond motifs is 1. The summed E-state index contributed by atoms with van der Waals surface area (Å²) in [5, 5.41) is 12.2. The van der Waals surface area contributed by atoms with E-state index in [1.54, 1.807) is 0 Å². The van der Waals surface area contributed by atoms with Crippen molar-refractivity contribution in [3.63, 3.8) is 0 Å². The van der Waals surface area contributed by atoms with Crippen molar-refractivity contribution in [1.29, 1.82) is 0 Å². The predicted octanol–water partition coefficient (Wildman–Crippen LogP) is 3.19. The maximum Gasteiger partial charge on any atom is 0.194 e. The van der Waals surface area contributed by atoms with E-state index in [-0.39, 0.29) is 24.0 Å². The Hall–Kier alpha value is -1.64. The van der Waals surface area contributed by atoms with E-state index in [0.29, 0.717) is 12.5 Å². The van der Waals surface area contributed by atoms with Crippen LogP contribution in [0.1, 0.15) is 49.3 Å². The molecule has 1 aromatic carbocycles. The molecule has 1 aromatic heterocycles. The number of hydrogen-bond acceptors (Lipinski definition) is 3. The molecular formula is C20H29IN6. The van der Waals surface area contributed by atoms with Gasteiger partial charge < -0.3 is 14.8 Å². The van der Waals surface area contributed by atoms with E-state index in [9.17, 15) is 0 Å². The molecular weight excluding hydrogens is 451 g/mol. The lowest BCUT2D eigenvalue weighted by atomic mass is 9.99. The van der Waals surface area contributed by atoms with Crippen LogP contribution in [0.2, 0.25) is 0 Å². The summed E-state index contributed by atoms with van der Waals surface area (Å²) >= 11 is 0. The van der Waals surface area contributed by atoms with E-state index in [0.717, 1.165) is 50.2 Å². The molecule has 2 aliphatic heterocycles. The van der Waals surface area contributed by atoms with Gasteiger partial charge in [-0.2, -0.15) is 0 Å². The van der Waals surface area contributed by atoms with E-state index < -0.39 is 0 Å². The zero-order valence-electron chi connectivity index (χ0n) is 16.0. The summed E-state index contributed by atoms with van der Waals surface area (Å²) in [5.74, 6) is 3.70. The molecule has 0 spiro atoms. The fourth-order valence-corrected chi connectivity index (χ4v) is 4.01. The third-order valence-corrected chi connectivity index (χ3v) is 5.40. The van der Waals surface area contributed by atoms with E-state index >= 15 is 0 Å². The van der Waals surface area contributed by atoms with Gasteiger partial charge in [0.15, 0.2) is 11.8 Å². The van der Waals surface area contributed by atoms with E-state index in [2.05, 4.69) is 62.2 Å². The lowest BCUT2D eigenvalue weighted by molar-refractivity contribution is 0.482. The van der Waals surface area contributed by atoms with Gasteiger partial charge in [0.25, 0.3) is 0 Å². The number of aliphatic imine (C=N–C) groups is 1. The normalized spacial score (nSPS) is 19.5. The highest BCUT2D eigenvalue weighted by atomic mass is 127. The summed E-state index contributed by atoms with van der Waals surface area (Å²) in [7, 11) is 0. The molecule has 2 aliphatic rings. The molecule has 4 rings (SSSR count). The van der Waals surface area contributed by atoms with Crippen LogP contribution in [-0.4, -0.2) is 45.3 Å². The van der Waals surface area contributed by atoms with Crippen LogP contribution in [0.15, 0.2) is 35.3 Å². The zero-order chi connectivity index (χ0) is 17.8. The molecule has 0 bridgehead atoms. The van der Waals surface area contributed by atoms with Crippen LogP contribution in [0.3, 0.4) is 0 Å². The Bertz CT molecular complexity index is 757. The van der Waals surface area contributed by atoms with Crippen LogP contribution in [0.4, 0.5) is 0 Å². The Morgan fingerprint density at radius 2 is 2.04 bits per heavy atom. The summed E-state index contributed by atoms with van der Waals surface area (Å²) in [6, 6.07) is 10.8. The Labute approximate surface area is 178 Å².